The number of aliphatic hydroxyl groups is 1. The number of ketones is 1. The van der Waals surface area contributed by atoms with Crippen molar-refractivity contribution in [1.29, 1.82) is 5.41 Å². The molecule has 6 heteroatoms. The number of β-amino-alcohol motifs (C(OH)–C–C–N with tert-alkyl or cyclic N) is 1. The van der Waals surface area contributed by atoms with Gasteiger partial charge in [-0.15, -0.1) is 0 Å². The summed E-state index contributed by atoms with van der Waals surface area (Å²) in [6, 6.07) is 7.93. The van der Waals surface area contributed by atoms with Gasteiger partial charge in [-0.2, -0.15) is 0 Å². The first-order chi connectivity index (χ1) is 11.6. The standard InChI is InChI=1S/C19H26N4O2/c1-19(2,3)15(25)11-23-10-14(24)16(17(23)20)18-21(4)12-8-6-7-9-13(12)22(18)5/h6-9,15,20,25H,10-11H2,1-5H3. The quantitative estimate of drug-likeness (QED) is 0.805. The number of nitrogens with zero attached hydrogens (tertiary/aromatic N) is 3. The van der Waals surface area contributed by atoms with E-state index in [1.54, 1.807) is 4.90 Å². The van der Waals surface area contributed by atoms with Gasteiger partial charge < -0.3 is 19.8 Å². The Morgan fingerprint density at radius 1 is 1.16 bits per heavy atom. The molecule has 0 spiro atoms. The first-order valence-corrected chi connectivity index (χ1v) is 8.49. The van der Waals surface area contributed by atoms with Gasteiger partial charge in [0.25, 0.3) is 0 Å². The van der Waals surface area contributed by atoms with Crippen LogP contribution in [0.4, 0.5) is 11.4 Å². The van der Waals surface area contributed by atoms with E-state index in [4.69, 9.17) is 5.41 Å². The lowest BCUT2D eigenvalue weighted by Crippen LogP contribution is -2.40. The minimum atomic E-state index is -0.610. The van der Waals surface area contributed by atoms with Crippen LogP contribution in [0, 0.1) is 10.8 Å². The lowest BCUT2D eigenvalue weighted by molar-refractivity contribution is -0.114. The summed E-state index contributed by atoms with van der Waals surface area (Å²) < 4.78 is 0. The summed E-state index contributed by atoms with van der Waals surface area (Å²) in [6.07, 6.45) is -0.610. The van der Waals surface area contributed by atoms with Gasteiger partial charge in [-0.1, -0.05) is 32.9 Å². The highest BCUT2D eigenvalue weighted by Gasteiger charge is 2.40. The van der Waals surface area contributed by atoms with Gasteiger partial charge in [0.1, 0.15) is 17.2 Å². The Kier molecular flexibility index (Phi) is 4.11. The van der Waals surface area contributed by atoms with E-state index in [0.717, 1.165) is 17.2 Å². The van der Waals surface area contributed by atoms with Crippen LogP contribution in [0.25, 0.3) is 0 Å². The highest BCUT2D eigenvalue weighted by molar-refractivity contribution is 6.27. The summed E-state index contributed by atoms with van der Waals surface area (Å²) in [4.78, 5) is 18.3. The summed E-state index contributed by atoms with van der Waals surface area (Å²) in [6.45, 7) is 6.28. The lowest BCUT2D eigenvalue weighted by Gasteiger charge is -2.30. The van der Waals surface area contributed by atoms with Crippen molar-refractivity contribution in [3.8, 4) is 0 Å². The number of benzene rings is 1. The molecule has 25 heavy (non-hydrogen) atoms. The highest BCUT2D eigenvalue weighted by atomic mass is 16.3. The third-order valence-electron chi connectivity index (χ3n) is 5.02. The molecule has 1 saturated heterocycles. The molecule has 1 aromatic carbocycles. The van der Waals surface area contributed by atoms with Crippen LogP contribution in [0.2, 0.25) is 0 Å². The van der Waals surface area contributed by atoms with Crippen molar-refractivity contribution >= 4 is 23.0 Å². The molecule has 3 rings (SSSR count). The molecule has 0 bridgehead atoms. The van der Waals surface area contributed by atoms with Crippen molar-refractivity contribution in [1.82, 2.24) is 4.90 Å². The third kappa shape index (κ3) is 2.80. The maximum atomic E-state index is 12.7. The number of nitrogens with one attached hydrogen (secondary N) is 1. The largest absolute Gasteiger partial charge is 0.391 e. The van der Waals surface area contributed by atoms with E-state index in [-0.39, 0.29) is 30.1 Å². The Labute approximate surface area is 148 Å². The van der Waals surface area contributed by atoms with Gasteiger partial charge in [0.15, 0.2) is 5.78 Å². The topological polar surface area (TPSA) is 70.9 Å². The van der Waals surface area contributed by atoms with E-state index >= 15 is 0 Å². The molecule has 2 aliphatic rings. The van der Waals surface area contributed by atoms with E-state index in [0.29, 0.717) is 5.57 Å². The predicted molar refractivity (Wildman–Crippen MR) is 100 cm³/mol. The van der Waals surface area contributed by atoms with Crippen LogP contribution >= 0.6 is 0 Å². The zero-order valence-corrected chi connectivity index (χ0v) is 15.5. The molecule has 2 N–H and O–H groups in total. The molecular formula is C19H26N4O2. The lowest BCUT2D eigenvalue weighted by atomic mass is 9.89. The second kappa shape index (κ2) is 5.88. The number of rotatable bonds is 2. The molecule has 1 aromatic rings. The Morgan fingerprint density at radius 3 is 2.16 bits per heavy atom. The molecule has 0 aliphatic carbocycles. The molecule has 134 valence electrons. The molecule has 0 amide bonds. The Balaban J connectivity index is 1.95. The van der Waals surface area contributed by atoms with E-state index in [2.05, 4.69) is 0 Å². The normalized spacial score (nSPS) is 19.2. The molecule has 1 atom stereocenters. The Hall–Kier alpha value is -2.34. The molecule has 6 nitrogen and oxygen atoms in total. The summed E-state index contributed by atoms with van der Waals surface area (Å²) in [7, 11) is 3.83. The number of carbonyl (C=O) groups is 1. The van der Waals surface area contributed by atoms with Crippen LogP contribution in [0.1, 0.15) is 20.8 Å². The number of para-hydroxylation sites is 2. The summed E-state index contributed by atoms with van der Waals surface area (Å²) in [5.74, 6) is 0.839. The first-order valence-electron chi connectivity index (χ1n) is 8.49. The summed E-state index contributed by atoms with van der Waals surface area (Å²) >= 11 is 0. The number of anilines is 2. The second-order valence-corrected chi connectivity index (χ2v) is 7.84. The average Bonchev–Trinajstić information content (AvgIpc) is 2.94. The van der Waals surface area contributed by atoms with Gasteiger partial charge in [-0.05, 0) is 17.5 Å². The predicted octanol–water partition coefficient (Wildman–Crippen LogP) is 2.05. The van der Waals surface area contributed by atoms with Gasteiger partial charge in [0, 0.05) is 20.6 Å². The fourth-order valence-electron chi connectivity index (χ4n) is 3.31. The number of amidine groups is 1. The Bertz CT molecular complexity index is 732. The minimum Gasteiger partial charge on any atom is -0.391 e. The molecular weight excluding hydrogens is 316 g/mol. The van der Waals surface area contributed by atoms with Crippen molar-refractivity contribution in [2.75, 3.05) is 37.0 Å². The number of hydrogen-bond donors (Lipinski definition) is 2. The van der Waals surface area contributed by atoms with E-state index < -0.39 is 6.10 Å². The van der Waals surface area contributed by atoms with Crippen LogP contribution in [-0.2, 0) is 4.79 Å². The maximum Gasteiger partial charge on any atom is 0.189 e. The molecule has 2 heterocycles. The third-order valence-corrected chi connectivity index (χ3v) is 5.02. The molecule has 2 aliphatic heterocycles. The summed E-state index contributed by atoms with van der Waals surface area (Å²) in [5, 5.41) is 18.9. The molecule has 1 fully saturated rings. The monoisotopic (exact) mass is 342 g/mol. The minimum absolute atomic E-state index is 0.0763. The molecule has 0 saturated carbocycles. The number of Topliss-reactive ketones (excluding diaryl/α,β-unsaturated/α-hetero) is 1. The van der Waals surface area contributed by atoms with Gasteiger partial charge in [-0.3, -0.25) is 10.2 Å². The van der Waals surface area contributed by atoms with Crippen LogP contribution in [0.15, 0.2) is 35.7 Å². The second-order valence-electron chi connectivity index (χ2n) is 7.84. The SMILES string of the molecule is CN1C(=C2C(=N)N(CC(O)C(C)(C)C)CC2=O)N(C)c2ccccc21. The maximum absolute atomic E-state index is 12.7. The fraction of sp³-hybridized carbons (Fsp3) is 0.474. The number of aliphatic hydroxyl groups excluding tert-OH is 1. The number of likely N-dealkylation sites (tertiary alicyclic amines) is 1. The van der Waals surface area contributed by atoms with Gasteiger partial charge in [-0.25, -0.2) is 0 Å². The van der Waals surface area contributed by atoms with Crippen LogP contribution in [0.3, 0.4) is 0 Å². The zero-order chi connectivity index (χ0) is 18.5. The van der Waals surface area contributed by atoms with Crippen LogP contribution in [0.5, 0.6) is 0 Å². The van der Waals surface area contributed by atoms with Crippen molar-refractivity contribution in [3.63, 3.8) is 0 Å². The zero-order valence-electron chi connectivity index (χ0n) is 15.5. The van der Waals surface area contributed by atoms with Crippen molar-refractivity contribution < 1.29 is 9.90 Å². The summed E-state index contributed by atoms with van der Waals surface area (Å²) in [5.41, 5.74) is 2.15. The van der Waals surface area contributed by atoms with Crippen molar-refractivity contribution in [3.05, 3.63) is 35.7 Å². The van der Waals surface area contributed by atoms with Crippen LogP contribution in [-0.4, -0.2) is 54.9 Å². The smallest absolute Gasteiger partial charge is 0.189 e. The van der Waals surface area contributed by atoms with Crippen LogP contribution < -0.4 is 9.80 Å². The number of fused-ring (bicyclic) bond motifs is 1. The van der Waals surface area contributed by atoms with Crippen molar-refractivity contribution in [2.45, 2.75) is 26.9 Å². The van der Waals surface area contributed by atoms with E-state index in [1.165, 1.54) is 0 Å². The number of carbonyl (C=O) groups excluding carboxylic acids is 1. The average molecular weight is 342 g/mol. The number of hydrogen-bond acceptors (Lipinski definition) is 5. The molecule has 0 radical (unpaired) electrons. The molecule has 0 aromatic heterocycles. The van der Waals surface area contributed by atoms with Gasteiger partial charge >= 0.3 is 0 Å². The fourth-order valence-corrected chi connectivity index (χ4v) is 3.31. The molecule has 1 unspecified atom stereocenters. The van der Waals surface area contributed by atoms with Gasteiger partial charge in [0.2, 0.25) is 0 Å². The van der Waals surface area contributed by atoms with E-state index in [9.17, 15) is 9.90 Å². The van der Waals surface area contributed by atoms with Crippen molar-refractivity contribution in [2.24, 2.45) is 5.41 Å². The Morgan fingerprint density at radius 2 is 1.68 bits per heavy atom. The highest BCUT2D eigenvalue weighted by Crippen LogP contribution is 2.41. The first kappa shape index (κ1) is 17.5. The van der Waals surface area contributed by atoms with Gasteiger partial charge in [0.05, 0.1) is 24.0 Å². The van der Waals surface area contributed by atoms with E-state index in [1.807, 2.05) is 68.9 Å².